The molecule has 110 valence electrons. The van der Waals surface area contributed by atoms with Gasteiger partial charge in [0.25, 0.3) is 0 Å². The normalized spacial score (nSPS) is 11.2. The Morgan fingerprint density at radius 1 is 1.25 bits per heavy atom. The molecule has 0 spiro atoms. The summed E-state index contributed by atoms with van der Waals surface area (Å²) < 4.78 is 1.04. The van der Waals surface area contributed by atoms with E-state index in [1.807, 2.05) is 38.1 Å². The van der Waals surface area contributed by atoms with Gasteiger partial charge in [-0.2, -0.15) is 0 Å². The van der Waals surface area contributed by atoms with Gasteiger partial charge in [0.2, 0.25) is 5.91 Å². The molecule has 1 aromatic rings. The van der Waals surface area contributed by atoms with Crippen molar-refractivity contribution in [3.63, 3.8) is 0 Å². The molecule has 0 radical (unpaired) electrons. The molecule has 0 unspecified atom stereocenters. The number of carbonyl (C=O) groups excluding carboxylic acids is 1. The molecule has 2 N–H and O–H groups in total. The van der Waals surface area contributed by atoms with Crippen LogP contribution >= 0.6 is 22.6 Å². The first kappa shape index (κ1) is 16.9. The number of nitrogens with one attached hydrogen (secondary N) is 1. The summed E-state index contributed by atoms with van der Waals surface area (Å²) in [7, 11) is 0. The molecule has 1 amide bonds. The van der Waals surface area contributed by atoms with Gasteiger partial charge in [-0.1, -0.05) is 32.0 Å². The Bertz CT molecular complexity index is 484. The molecule has 5 heteroatoms. The predicted molar refractivity (Wildman–Crippen MR) is 86.5 cm³/mol. The van der Waals surface area contributed by atoms with Crippen molar-refractivity contribution in [1.82, 2.24) is 5.32 Å². The molecule has 4 nitrogen and oxygen atoms in total. The molecule has 0 bridgehead atoms. The van der Waals surface area contributed by atoms with Crippen LogP contribution in [0.3, 0.4) is 0 Å². The topological polar surface area (TPSA) is 66.4 Å². The van der Waals surface area contributed by atoms with Gasteiger partial charge in [-0.15, -0.1) is 0 Å². The van der Waals surface area contributed by atoms with Crippen molar-refractivity contribution in [2.75, 3.05) is 6.54 Å². The molecule has 1 aromatic carbocycles. The standard InChI is InChI=1S/C15H20INO3/c1-3-15(4-2,14(19)20)10-17-13(18)9-11-7-5-6-8-12(11)16/h5-8H,3-4,9-10H2,1-2H3,(H,17,18)(H,19,20). The van der Waals surface area contributed by atoms with E-state index in [2.05, 4.69) is 27.9 Å². The lowest BCUT2D eigenvalue weighted by molar-refractivity contribution is -0.149. The van der Waals surface area contributed by atoms with E-state index in [0.717, 1.165) is 9.13 Å². The van der Waals surface area contributed by atoms with Gasteiger partial charge in [0.1, 0.15) is 0 Å². The lowest BCUT2D eigenvalue weighted by Gasteiger charge is -2.26. The molecule has 20 heavy (non-hydrogen) atoms. The molecule has 1 rings (SSSR count). The molecular weight excluding hydrogens is 369 g/mol. The summed E-state index contributed by atoms with van der Waals surface area (Å²) in [5.74, 6) is -0.987. The van der Waals surface area contributed by atoms with Crippen molar-refractivity contribution in [3.05, 3.63) is 33.4 Å². The average Bonchev–Trinajstić information content (AvgIpc) is 2.43. The van der Waals surface area contributed by atoms with Gasteiger partial charge in [0.05, 0.1) is 11.8 Å². The number of carbonyl (C=O) groups is 2. The van der Waals surface area contributed by atoms with E-state index in [-0.39, 0.29) is 18.9 Å². The summed E-state index contributed by atoms with van der Waals surface area (Å²) in [6.45, 7) is 3.85. The second kappa shape index (κ2) is 7.61. The van der Waals surface area contributed by atoms with Gasteiger partial charge in [-0.05, 0) is 47.1 Å². The minimum absolute atomic E-state index is 0.137. The molecule has 0 atom stereocenters. The van der Waals surface area contributed by atoms with Crippen molar-refractivity contribution in [3.8, 4) is 0 Å². The Kier molecular flexibility index (Phi) is 6.45. The van der Waals surface area contributed by atoms with E-state index >= 15 is 0 Å². The number of aliphatic carboxylic acids is 1. The fourth-order valence-electron chi connectivity index (χ4n) is 2.02. The number of hydrogen-bond donors (Lipinski definition) is 2. The first-order valence-electron chi connectivity index (χ1n) is 6.68. The zero-order valence-electron chi connectivity index (χ0n) is 11.8. The van der Waals surface area contributed by atoms with Crippen LogP contribution in [0, 0.1) is 8.99 Å². The summed E-state index contributed by atoms with van der Waals surface area (Å²) in [5, 5.41) is 12.1. The highest BCUT2D eigenvalue weighted by atomic mass is 127. The lowest BCUT2D eigenvalue weighted by atomic mass is 9.82. The fourth-order valence-corrected chi connectivity index (χ4v) is 2.60. The van der Waals surface area contributed by atoms with Crippen LogP contribution < -0.4 is 5.32 Å². The molecule has 0 fully saturated rings. The van der Waals surface area contributed by atoms with Crippen LogP contribution in [0.2, 0.25) is 0 Å². The van der Waals surface area contributed by atoms with Crippen LogP contribution in [0.1, 0.15) is 32.3 Å². The van der Waals surface area contributed by atoms with E-state index in [0.29, 0.717) is 12.8 Å². The van der Waals surface area contributed by atoms with Crippen LogP contribution in [-0.2, 0) is 16.0 Å². The molecule has 0 aromatic heterocycles. The minimum atomic E-state index is -0.862. The van der Waals surface area contributed by atoms with Gasteiger partial charge >= 0.3 is 5.97 Å². The third-order valence-corrected chi connectivity index (χ3v) is 4.79. The molecule has 0 aliphatic heterocycles. The monoisotopic (exact) mass is 389 g/mol. The highest BCUT2D eigenvalue weighted by Crippen LogP contribution is 2.25. The zero-order chi connectivity index (χ0) is 15.2. The lowest BCUT2D eigenvalue weighted by Crippen LogP contribution is -2.42. The van der Waals surface area contributed by atoms with Crippen molar-refractivity contribution in [2.45, 2.75) is 33.1 Å². The quantitative estimate of drug-likeness (QED) is 0.705. The molecular formula is C15H20INO3. The van der Waals surface area contributed by atoms with Crippen molar-refractivity contribution >= 4 is 34.5 Å². The first-order chi connectivity index (χ1) is 9.45. The van der Waals surface area contributed by atoms with Crippen LogP contribution in [0.25, 0.3) is 0 Å². The summed E-state index contributed by atoms with van der Waals surface area (Å²) in [6, 6.07) is 7.67. The van der Waals surface area contributed by atoms with Crippen LogP contribution in [0.15, 0.2) is 24.3 Å². The summed E-state index contributed by atoms with van der Waals surface area (Å²) in [5.41, 5.74) is 0.0963. The SMILES string of the molecule is CCC(CC)(CNC(=O)Cc1ccccc1I)C(=O)O. The number of carboxylic acids is 1. The predicted octanol–water partition coefficient (Wildman–Crippen LogP) is 2.84. The molecule has 0 saturated heterocycles. The molecule has 0 aliphatic carbocycles. The van der Waals surface area contributed by atoms with Crippen molar-refractivity contribution < 1.29 is 14.7 Å². The maximum absolute atomic E-state index is 12.0. The van der Waals surface area contributed by atoms with Gasteiger partial charge in [-0.3, -0.25) is 9.59 Å². The highest BCUT2D eigenvalue weighted by molar-refractivity contribution is 14.1. The Morgan fingerprint density at radius 2 is 1.85 bits per heavy atom. The Hall–Kier alpha value is -1.11. The van der Waals surface area contributed by atoms with E-state index < -0.39 is 11.4 Å². The second-order valence-corrected chi connectivity index (χ2v) is 6.00. The van der Waals surface area contributed by atoms with Gasteiger partial charge in [-0.25, -0.2) is 0 Å². The van der Waals surface area contributed by atoms with Gasteiger partial charge in [0, 0.05) is 10.1 Å². The van der Waals surface area contributed by atoms with Gasteiger partial charge < -0.3 is 10.4 Å². The van der Waals surface area contributed by atoms with Crippen LogP contribution in [-0.4, -0.2) is 23.5 Å². The number of rotatable bonds is 7. The molecule has 0 aliphatic rings. The smallest absolute Gasteiger partial charge is 0.311 e. The number of hydrogen-bond acceptors (Lipinski definition) is 2. The highest BCUT2D eigenvalue weighted by Gasteiger charge is 2.35. The van der Waals surface area contributed by atoms with Gasteiger partial charge in [0.15, 0.2) is 0 Å². The summed E-state index contributed by atoms with van der Waals surface area (Å²) in [4.78, 5) is 23.3. The zero-order valence-corrected chi connectivity index (χ0v) is 13.9. The van der Waals surface area contributed by atoms with E-state index in [4.69, 9.17) is 0 Å². The van der Waals surface area contributed by atoms with E-state index in [1.54, 1.807) is 0 Å². The van der Waals surface area contributed by atoms with Crippen molar-refractivity contribution in [1.29, 1.82) is 0 Å². The number of carboxylic acid groups (broad SMARTS) is 1. The third kappa shape index (κ3) is 4.19. The Labute approximate surface area is 133 Å². The maximum atomic E-state index is 12.0. The molecule has 0 heterocycles. The summed E-state index contributed by atoms with van der Waals surface area (Å²) in [6.07, 6.45) is 1.28. The number of benzene rings is 1. The third-order valence-electron chi connectivity index (χ3n) is 3.74. The minimum Gasteiger partial charge on any atom is -0.481 e. The van der Waals surface area contributed by atoms with Crippen LogP contribution in [0.5, 0.6) is 0 Å². The Balaban J connectivity index is 2.63. The first-order valence-corrected chi connectivity index (χ1v) is 7.76. The Morgan fingerprint density at radius 3 is 2.35 bits per heavy atom. The largest absolute Gasteiger partial charge is 0.481 e. The van der Waals surface area contributed by atoms with Crippen LogP contribution in [0.4, 0.5) is 0 Å². The van der Waals surface area contributed by atoms with E-state index in [1.165, 1.54) is 0 Å². The van der Waals surface area contributed by atoms with E-state index in [9.17, 15) is 14.7 Å². The maximum Gasteiger partial charge on any atom is 0.311 e. The average molecular weight is 389 g/mol. The fraction of sp³-hybridized carbons (Fsp3) is 0.467. The summed E-state index contributed by atoms with van der Waals surface area (Å²) >= 11 is 2.19. The second-order valence-electron chi connectivity index (χ2n) is 4.84. The molecule has 0 saturated carbocycles. The number of halogens is 1. The van der Waals surface area contributed by atoms with Crippen molar-refractivity contribution in [2.24, 2.45) is 5.41 Å². The number of amides is 1.